The summed E-state index contributed by atoms with van der Waals surface area (Å²) >= 11 is 0. The van der Waals surface area contributed by atoms with Crippen molar-refractivity contribution >= 4 is 15.7 Å². The zero-order chi connectivity index (χ0) is 14.8. The summed E-state index contributed by atoms with van der Waals surface area (Å²) in [6.45, 7) is 0.462. The fourth-order valence-corrected chi connectivity index (χ4v) is 2.84. The lowest BCUT2D eigenvalue weighted by atomic mass is 10.3. The summed E-state index contributed by atoms with van der Waals surface area (Å²) in [5.41, 5.74) is 0.573. The van der Waals surface area contributed by atoms with Crippen molar-refractivity contribution in [1.82, 2.24) is 13.9 Å². The first-order valence-electron chi connectivity index (χ1n) is 6.14. The van der Waals surface area contributed by atoms with Gasteiger partial charge in [0.25, 0.3) is 0 Å². The maximum atomic E-state index is 12.2. The topological polar surface area (TPSA) is 67.2 Å². The third kappa shape index (κ3) is 2.83. The van der Waals surface area contributed by atoms with E-state index in [2.05, 4.69) is 10.3 Å². The Morgan fingerprint density at radius 3 is 2.60 bits per heavy atom. The Bertz CT molecular complexity index is 692. The molecule has 108 valence electrons. The molecular formula is C13H18N4O2S. The SMILES string of the molecule is CN(C)S(=O)(=O)c1ccccc1NCc1nccn1C. The second-order valence-corrected chi connectivity index (χ2v) is 6.71. The van der Waals surface area contributed by atoms with Gasteiger partial charge >= 0.3 is 0 Å². The predicted octanol–water partition coefficient (Wildman–Crippen LogP) is 1.28. The largest absolute Gasteiger partial charge is 0.377 e. The Morgan fingerprint density at radius 2 is 2.00 bits per heavy atom. The summed E-state index contributed by atoms with van der Waals surface area (Å²) in [5, 5.41) is 3.13. The molecule has 1 N–H and O–H groups in total. The van der Waals surface area contributed by atoms with Gasteiger partial charge in [-0.1, -0.05) is 12.1 Å². The van der Waals surface area contributed by atoms with Gasteiger partial charge < -0.3 is 9.88 Å². The molecule has 0 bridgehead atoms. The van der Waals surface area contributed by atoms with Crippen LogP contribution < -0.4 is 5.32 Å². The van der Waals surface area contributed by atoms with Gasteiger partial charge in [-0.2, -0.15) is 0 Å². The minimum absolute atomic E-state index is 0.263. The van der Waals surface area contributed by atoms with Crippen LogP contribution in [0.5, 0.6) is 0 Å². The number of para-hydroxylation sites is 1. The summed E-state index contributed by atoms with van der Waals surface area (Å²) in [6.07, 6.45) is 3.55. The van der Waals surface area contributed by atoms with E-state index in [4.69, 9.17) is 0 Å². The lowest BCUT2D eigenvalue weighted by Gasteiger charge is -2.16. The van der Waals surface area contributed by atoms with E-state index >= 15 is 0 Å². The molecule has 1 heterocycles. The van der Waals surface area contributed by atoms with E-state index in [-0.39, 0.29) is 4.90 Å². The van der Waals surface area contributed by atoms with Crippen molar-refractivity contribution in [2.45, 2.75) is 11.4 Å². The summed E-state index contributed by atoms with van der Waals surface area (Å²) < 4.78 is 27.6. The molecule has 0 saturated heterocycles. The number of anilines is 1. The van der Waals surface area contributed by atoms with Crippen LogP contribution in [0, 0.1) is 0 Å². The standard InChI is InChI=1S/C13H18N4O2S/c1-16(2)20(18,19)12-7-5-4-6-11(12)15-10-13-14-8-9-17(13)3/h4-9,15H,10H2,1-3H3. The Hall–Kier alpha value is -1.86. The van der Waals surface area contributed by atoms with Crippen LogP contribution in [0.25, 0.3) is 0 Å². The summed E-state index contributed by atoms with van der Waals surface area (Å²) in [7, 11) is 1.47. The molecule has 0 aliphatic carbocycles. The molecule has 0 aliphatic heterocycles. The zero-order valence-corrected chi connectivity index (χ0v) is 12.6. The highest BCUT2D eigenvalue weighted by Gasteiger charge is 2.20. The molecule has 0 saturated carbocycles. The van der Waals surface area contributed by atoms with Crippen LogP contribution in [0.15, 0.2) is 41.6 Å². The van der Waals surface area contributed by atoms with Gasteiger partial charge in [0.15, 0.2) is 0 Å². The van der Waals surface area contributed by atoms with Crippen molar-refractivity contribution in [3.63, 3.8) is 0 Å². The van der Waals surface area contributed by atoms with E-state index in [1.54, 1.807) is 30.5 Å². The average Bonchev–Trinajstić information content (AvgIpc) is 2.82. The molecule has 0 fully saturated rings. The van der Waals surface area contributed by atoms with Crippen molar-refractivity contribution in [1.29, 1.82) is 0 Å². The van der Waals surface area contributed by atoms with Crippen LogP contribution in [-0.4, -0.2) is 36.4 Å². The molecular weight excluding hydrogens is 276 g/mol. The smallest absolute Gasteiger partial charge is 0.244 e. The van der Waals surface area contributed by atoms with Gasteiger partial charge in [0.05, 0.1) is 12.2 Å². The van der Waals surface area contributed by atoms with Crippen LogP contribution in [0.4, 0.5) is 5.69 Å². The van der Waals surface area contributed by atoms with Gasteiger partial charge in [-0.25, -0.2) is 17.7 Å². The number of sulfonamides is 1. The first kappa shape index (κ1) is 14.5. The summed E-state index contributed by atoms with van der Waals surface area (Å²) in [5.74, 6) is 0.835. The van der Waals surface area contributed by atoms with Gasteiger partial charge in [-0.15, -0.1) is 0 Å². The molecule has 2 rings (SSSR count). The van der Waals surface area contributed by atoms with Crippen LogP contribution in [-0.2, 0) is 23.6 Å². The van der Waals surface area contributed by atoms with Crippen molar-refractivity contribution < 1.29 is 8.42 Å². The molecule has 6 nitrogen and oxygen atoms in total. The van der Waals surface area contributed by atoms with E-state index in [1.807, 2.05) is 17.8 Å². The third-order valence-corrected chi connectivity index (χ3v) is 4.88. The van der Waals surface area contributed by atoms with Crippen LogP contribution in [0.3, 0.4) is 0 Å². The van der Waals surface area contributed by atoms with Gasteiger partial charge in [0.2, 0.25) is 10.0 Å². The van der Waals surface area contributed by atoms with E-state index < -0.39 is 10.0 Å². The monoisotopic (exact) mass is 294 g/mol. The normalized spacial score (nSPS) is 11.8. The number of nitrogens with one attached hydrogen (secondary N) is 1. The molecule has 0 unspecified atom stereocenters. The Morgan fingerprint density at radius 1 is 1.30 bits per heavy atom. The average molecular weight is 294 g/mol. The quantitative estimate of drug-likeness (QED) is 0.902. The lowest BCUT2D eigenvalue weighted by Crippen LogP contribution is -2.23. The van der Waals surface area contributed by atoms with Gasteiger partial charge in [-0.05, 0) is 12.1 Å². The molecule has 7 heteroatoms. The highest BCUT2D eigenvalue weighted by molar-refractivity contribution is 7.89. The number of benzene rings is 1. The molecule has 0 radical (unpaired) electrons. The molecule has 2 aromatic rings. The summed E-state index contributed by atoms with van der Waals surface area (Å²) in [6, 6.07) is 6.85. The number of nitrogens with zero attached hydrogens (tertiary/aromatic N) is 3. The Kier molecular flexibility index (Phi) is 4.10. The van der Waals surface area contributed by atoms with Crippen LogP contribution in [0.1, 0.15) is 5.82 Å². The zero-order valence-electron chi connectivity index (χ0n) is 11.7. The lowest BCUT2D eigenvalue weighted by molar-refractivity contribution is 0.521. The molecule has 0 amide bonds. The number of rotatable bonds is 5. The van der Waals surface area contributed by atoms with Crippen LogP contribution in [0.2, 0.25) is 0 Å². The van der Waals surface area contributed by atoms with Gasteiger partial charge in [0, 0.05) is 33.5 Å². The fourth-order valence-electron chi connectivity index (χ4n) is 1.78. The van der Waals surface area contributed by atoms with E-state index in [9.17, 15) is 8.42 Å². The number of aromatic nitrogens is 2. The highest BCUT2D eigenvalue weighted by Crippen LogP contribution is 2.23. The highest BCUT2D eigenvalue weighted by atomic mass is 32.2. The number of hydrogen-bond acceptors (Lipinski definition) is 4. The molecule has 1 aromatic heterocycles. The second-order valence-electron chi connectivity index (χ2n) is 4.59. The first-order chi connectivity index (χ1) is 9.43. The third-order valence-electron chi connectivity index (χ3n) is 3.00. The van der Waals surface area contributed by atoms with Gasteiger partial charge in [-0.3, -0.25) is 0 Å². The second kappa shape index (κ2) is 5.64. The van der Waals surface area contributed by atoms with Crippen molar-refractivity contribution in [2.24, 2.45) is 7.05 Å². The van der Waals surface area contributed by atoms with E-state index in [0.29, 0.717) is 12.2 Å². The number of aryl methyl sites for hydroxylation is 1. The summed E-state index contributed by atoms with van der Waals surface area (Å²) in [4.78, 5) is 4.46. The molecule has 1 aromatic carbocycles. The molecule has 0 aliphatic rings. The molecule has 0 spiro atoms. The van der Waals surface area contributed by atoms with E-state index in [1.165, 1.54) is 18.4 Å². The minimum atomic E-state index is -3.47. The maximum absolute atomic E-state index is 12.2. The van der Waals surface area contributed by atoms with Crippen LogP contribution >= 0.6 is 0 Å². The van der Waals surface area contributed by atoms with Gasteiger partial charge in [0.1, 0.15) is 10.7 Å². The number of hydrogen-bond donors (Lipinski definition) is 1. The van der Waals surface area contributed by atoms with Crippen molar-refractivity contribution in [3.8, 4) is 0 Å². The Balaban J connectivity index is 2.28. The minimum Gasteiger partial charge on any atom is -0.377 e. The molecule has 0 atom stereocenters. The predicted molar refractivity (Wildman–Crippen MR) is 77.8 cm³/mol. The van der Waals surface area contributed by atoms with Crippen molar-refractivity contribution in [3.05, 3.63) is 42.5 Å². The number of imidazole rings is 1. The Labute approximate surface area is 119 Å². The fraction of sp³-hybridized carbons (Fsp3) is 0.308. The first-order valence-corrected chi connectivity index (χ1v) is 7.58. The van der Waals surface area contributed by atoms with Crippen molar-refractivity contribution in [2.75, 3.05) is 19.4 Å². The maximum Gasteiger partial charge on any atom is 0.244 e. The molecule has 20 heavy (non-hydrogen) atoms. The van der Waals surface area contributed by atoms with E-state index in [0.717, 1.165) is 5.82 Å².